The summed E-state index contributed by atoms with van der Waals surface area (Å²) >= 11 is 0. The minimum absolute atomic E-state index is 0.463. The number of pyridine rings is 1. The number of nitrogens with zero attached hydrogens (tertiary/aromatic N) is 1. The zero-order valence-corrected chi connectivity index (χ0v) is 11.0. The molecule has 0 aliphatic heterocycles. The van der Waals surface area contributed by atoms with Crippen LogP contribution in [-0.4, -0.2) is 24.3 Å². The van der Waals surface area contributed by atoms with Gasteiger partial charge in [0.15, 0.2) is 0 Å². The predicted octanol–water partition coefficient (Wildman–Crippen LogP) is 2.32. The largest absolute Gasteiger partial charge is 0.495 e. The minimum Gasteiger partial charge on any atom is -0.495 e. The lowest BCUT2D eigenvalue weighted by Crippen LogP contribution is -2.05. The lowest BCUT2D eigenvalue weighted by molar-refractivity contribution is 0.176. The number of aromatic nitrogens is 1. The third-order valence-corrected chi connectivity index (χ3v) is 2.94. The highest BCUT2D eigenvalue weighted by Gasteiger charge is 2.15. The summed E-state index contributed by atoms with van der Waals surface area (Å²) in [7, 11) is 3.21. The van der Waals surface area contributed by atoms with E-state index in [9.17, 15) is 5.11 Å². The lowest BCUT2D eigenvalue weighted by atomic mass is 9.98. The zero-order chi connectivity index (χ0) is 13.7. The van der Waals surface area contributed by atoms with E-state index in [1.54, 1.807) is 32.7 Å². The molecule has 1 aromatic heterocycles. The van der Waals surface area contributed by atoms with Gasteiger partial charge in [0.2, 0.25) is 0 Å². The van der Waals surface area contributed by atoms with Gasteiger partial charge < -0.3 is 14.6 Å². The second-order valence-electron chi connectivity index (χ2n) is 4.19. The van der Waals surface area contributed by atoms with Crippen molar-refractivity contribution in [3.8, 4) is 5.75 Å². The highest BCUT2D eigenvalue weighted by molar-refractivity contribution is 5.36. The Kier molecular flexibility index (Phi) is 4.49. The number of ether oxygens (including phenoxy) is 2. The van der Waals surface area contributed by atoms with Gasteiger partial charge in [-0.1, -0.05) is 24.3 Å². The Bertz CT molecular complexity index is 542. The van der Waals surface area contributed by atoms with Crippen LogP contribution < -0.4 is 4.74 Å². The molecule has 1 unspecified atom stereocenters. The topological polar surface area (TPSA) is 51.6 Å². The predicted molar refractivity (Wildman–Crippen MR) is 72.0 cm³/mol. The lowest BCUT2D eigenvalue weighted by Gasteiger charge is -2.15. The quantitative estimate of drug-likeness (QED) is 0.895. The highest BCUT2D eigenvalue weighted by Crippen LogP contribution is 2.26. The van der Waals surface area contributed by atoms with Crippen LogP contribution in [0.4, 0.5) is 0 Å². The van der Waals surface area contributed by atoms with E-state index in [-0.39, 0.29) is 0 Å². The highest BCUT2D eigenvalue weighted by atomic mass is 16.5. The first-order valence-corrected chi connectivity index (χ1v) is 6.00. The standard InChI is InChI=1S/C15H17NO3/c1-18-10-11-5-3-4-6-14(11)15(17)12-7-13(19-2)9-16-8-12/h3-9,15,17H,10H2,1-2H3. The summed E-state index contributed by atoms with van der Waals surface area (Å²) in [6.07, 6.45) is 2.50. The van der Waals surface area contributed by atoms with E-state index >= 15 is 0 Å². The molecule has 0 bridgehead atoms. The van der Waals surface area contributed by atoms with Gasteiger partial charge in [0, 0.05) is 18.9 Å². The van der Waals surface area contributed by atoms with Crippen LogP contribution >= 0.6 is 0 Å². The van der Waals surface area contributed by atoms with Crippen LogP contribution in [0.2, 0.25) is 0 Å². The average molecular weight is 259 g/mol. The molecule has 2 aromatic rings. The zero-order valence-electron chi connectivity index (χ0n) is 11.0. The molecule has 0 fully saturated rings. The Morgan fingerprint density at radius 3 is 2.74 bits per heavy atom. The maximum Gasteiger partial charge on any atom is 0.137 e. The Hall–Kier alpha value is -1.91. The maximum atomic E-state index is 10.5. The number of aliphatic hydroxyl groups is 1. The van der Waals surface area contributed by atoms with Gasteiger partial charge in [-0.05, 0) is 17.2 Å². The Balaban J connectivity index is 2.35. The smallest absolute Gasteiger partial charge is 0.137 e. The normalized spacial score (nSPS) is 12.2. The van der Waals surface area contributed by atoms with Gasteiger partial charge in [0.1, 0.15) is 11.9 Å². The number of benzene rings is 1. The molecule has 1 aromatic carbocycles. The van der Waals surface area contributed by atoms with Crippen molar-refractivity contribution in [1.82, 2.24) is 4.98 Å². The summed E-state index contributed by atoms with van der Waals surface area (Å²) < 4.78 is 10.3. The first-order chi connectivity index (χ1) is 9.26. The van der Waals surface area contributed by atoms with Crippen LogP contribution in [-0.2, 0) is 11.3 Å². The number of methoxy groups -OCH3 is 2. The fraction of sp³-hybridized carbons (Fsp3) is 0.267. The molecular formula is C15H17NO3. The molecule has 1 atom stereocenters. The number of rotatable bonds is 5. The van der Waals surface area contributed by atoms with Crippen LogP contribution in [0.3, 0.4) is 0 Å². The van der Waals surface area contributed by atoms with Crippen molar-refractivity contribution in [1.29, 1.82) is 0 Å². The van der Waals surface area contributed by atoms with Crippen molar-refractivity contribution in [2.24, 2.45) is 0 Å². The molecule has 0 saturated heterocycles. The molecule has 1 heterocycles. The molecule has 0 spiro atoms. The van der Waals surface area contributed by atoms with Crippen molar-refractivity contribution in [3.05, 3.63) is 59.4 Å². The van der Waals surface area contributed by atoms with Gasteiger partial charge in [0.25, 0.3) is 0 Å². The van der Waals surface area contributed by atoms with Crippen LogP contribution in [0.5, 0.6) is 5.75 Å². The average Bonchev–Trinajstić information content (AvgIpc) is 2.47. The molecule has 0 saturated carbocycles. The summed E-state index contributed by atoms with van der Waals surface area (Å²) in [5.74, 6) is 0.626. The fourth-order valence-electron chi connectivity index (χ4n) is 1.96. The van der Waals surface area contributed by atoms with Crippen molar-refractivity contribution in [2.45, 2.75) is 12.7 Å². The van der Waals surface area contributed by atoms with E-state index in [0.717, 1.165) is 11.1 Å². The first kappa shape index (κ1) is 13.5. The summed E-state index contributed by atoms with van der Waals surface area (Å²) in [4.78, 5) is 4.06. The molecule has 2 rings (SSSR count). The molecule has 0 radical (unpaired) electrons. The molecule has 0 aliphatic rings. The van der Waals surface area contributed by atoms with E-state index in [1.165, 1.54) is 0 Å². The number of aliphatic hydroxyl groups excluding tert-OH is 1. The summed E-state index contributed by atoms with van der Waals surface area (Å²) in [6.45, 7) is 0.463. The second kappa shape index (κ2) is 6.31. The van der Waals surface area contributed by atoms with Gasteiger partial charge >= 0.3 is 0 Å². The van der Waals surface area contributed by atoms with Crippen molar-refractivity contribution < 1.29 is 14.6 Å². The molecule has 19 heavy (non-hydrogen) atoms. The second-order valence-corrected chi connectivity index (χ2v) is 4.19. The summed E-state index contributed by atoms with van der Waals surface area (Å²) in [6, 6.07) is 9.43. The molecule has 0 aliphatic carbocycles. The number of hydrogen-bond acceptors (Lipinski definition) is 4. The Morgan fingerprint density at radius 2 is 2.00 bits per heavy atom. The van der Waals surface area contributed by atoms with Gasteiger partial charge in [-0.15, -0.1) is 0 Å². The Morgan fingerprint density at radius 1 is 1.21 bits per heavy atom. The first-order valence-electron chi connectivity index (χ1n) is 6.00. The van der Waals surface area contributed by atoms with Crippen LogP contribution in [0.1, 0.15) is 22.8 Å². The SMILES string of the molecule is COCc1ccccc1C(O)c1cncc(OC)c1. The van der Waals surface area contributed by atoms with E-state index < -0.39 is 6.10 Å². The van der Waals surface area contributed by atoms with E-state index in [4.69, 9.17) is 9.47 Å². The minimum atomic E-state index is -0.742. The summed E-state index contributed by atoms with van der Waals surface area (Å²) in [5, 5.41) is 10.5. The monoisotopic (exact) mass is 259 g/mol. The van der Waals surface area contributed by atoms with Crippen LogP contribution in [0.15, 0.2) is 42.7 Å². The fourth-order valence-corrected chi connectivity index (χ4v) is 1.96. The van der Waals surface area contributed by atoms with Crippen molar-refractivity contribution in [3.63, 3.8) is 0 Å². The van der Waals surface area contributed by atoms with Crippen molar-refractivity contribution in [2.75, 3.05) is 14.2 Å². The van der Waals surface area contributed by atoms with Crippen LogP contribution in [0, 0.1) is 0 Å². The third-order valence-electron chi connectivity index (χ3n) is 2.94. The molecular weight excluding hydrogens is 242 g/mol. The van der Waals surface area contributed by atoms with Gasteiger partial charge in [-0.25, -0.2) is 0 Å². The summed E-state index contributed by atoms with van der Waals surface area (Å²) in [5.41, 5.74) is 2.47. The maximum absolute atomic E-state index is 10.5. The van der Waals surface area contributed by atoms with E-state index in [2.05, 4.69) is 4.98 Å². The van der Waals surface area contributed by atoms with Gasteiger partial charge in [-0.2, -0.15) is 0 Å². The molecule has 0 amide bonds. The van der Waals surface area contributed by atoms with Crippen LogP contribution in [0.25, 0.3) is 0 Å². The van der Waals surface area contributed by atoms with Gasteiger partial charge in [-0.3, -0.25) is 4.98 Å². The number of hydrogen-bond donors (Lipinski definition) is 1. The molecule has 1 N–H and O–H groups in total. The van der Waals surface area contributed by atoms with E-state index in [0.29, 0.717) is 17.9 Å². The molecule has 4 nitrogen and oxygen atoms in total. The van der Waals surface area contributed by atoms with Crippen molar-refractivity contribution >= 4 is 0 Å². The van der Waals surface area contributed by atoms with Gasteiger partial charge in [0.05, 0.1) is 19.9 Å². The molecule has 4 heteroatoms. The third kappa shape index (κ3) is 3.10. The van der Waals surface area contributed by atoms with E-state index in [1.807, 2.05) is 24.3 Å². The molecule has 100 valence electrons. The Labute approximate surface area is 112 Å².